The highest BCUT2D eigenvalue weighted by atomic mass is 32.1. The standard InChI is InChI=1S/C20H19F3N4O3S/c1-10-8-13(20(21,22)23)25-19-14(10)15(16(31-19)17(24)28)26-18(29)12-5-4-11(30-12)9-27-6-2-3-7-27/h4-5,8H,2-3,6-7,9H2,1H3,(H2,24,28)(H,26,29). The van der Waals surface area contributed by atoms with Crippen LogP contribution in [-0.2, 0) is 12.7 Å². The van der Waals surface area contributed by atoms with Gasteiger partial charge in [0.05, 0.1) is 12.2 Å². The van der Waals surface area contributed by atoms with E-state index in [1.54, 1.807) is 6.07 Å². The van der Waals surface area contributed by atoms with Crippen LogP contribution >= 0.6 is 11.3 Å². The maximum absolute atomic E-state index is 13.1. The van der Waals surface area contributed by atoms with Crippen molar-refractivity contribution in [2.24, 2.45) is 5.73 Å². The highest BCUT2D eigenvalue weighted by molar-refractivity contribution is 7.21. The molecule has 0 atom stereocenters. The second kappa shape index (κ2) is 7.97. The summed E-state index contributed by atoms with van der Waals surface area (Å²) in [6.45, 7) is 3.98. The smallest absolute Gasteiger partial charge is 0.433 e. The van der Waals surface area contributed by atoms with Gasteiger partial charge in [-0.05, 0) is 56.6 Å². The lowest BCUT2D eigenvalue weighted by Gasteiger charge is -2.11. The highest BCUT2D eigenvalue weighted by Gasteiger charge is 2.34. The Hall–Kier alpha value is -2.92. The number of nitrogens with two attached hydrogens (primary N) is 1. The molecule has 3 aromatic heterocycles. The minimum absolute atomic E-state index is 0.0292. The summed E-state index contributed by atoms with van der Waals surface area (Å²) in [5, 5.41) is 2.82. The van der Waals surface area contributed by atoms with Crippen molar-refractivity contribution in [1.82, 2.24) is 9.88 Å². The monoisotopic (exact) mass is 452 g/mol. The average Bonchev–Trinajstić information content (AvgIpc) is 3.41. The number of fused-ring (bicyclic) bond motifs is 1. The van der Waals surface area contributed by atoms with Crippen LogP contribution in [0.25, 0.3) is 10.2 Å². The van der Waals surface area contributed by atoms with Gasteiger partial charge in [0.25, 0.3) is 11.8 Å². The zero-order valence-electron chi connectivity index (χ0n) is 16.5. The molecule has 0 unspecified atom stereocenters. The van der Waals surface area contributed by atoms with Gasteiger partial charge in [0.1, 0.15) is 21.2 Å². The van der Waals surface area contributed by atoms with Crippen LogP contribution in [0.2, 0.25) is 0 Å². The lowest BCUT2D eigenvalue weighted by atomic mass is 10.1. The third-order valence-corrected chi connectivity index (χ3v) is 6.17. The van der Waals surface area contributed by atoms with E-state index in [2.05, 4.69) is 15.2 Å². The van der Waals surface area contributed by atoms with Crippen LogP contribution in [0.4, 0.5) is 18.9 Å². The predicted molar refractivity (Wildman–Crippen MR) is 109 cm³/mol. The van der Waals surface area contributed by atoms with E-state index in [-0.39, 0.29) is 32.1 Å². The summed E-state index contributed by atoms with van der Waals surface area (Å²) in [5.74, 6) is -0.846. The Balaban J connectivity index is 1.65. The van der Waals surface area contributed by atoms with Crippen molar-refractivity contribution < 1.29 is 27.2 Å². The summed E-state index contributed by atoms with van der Waals surface area (Å²) in [7, 11) is 0. The summed E-state index contributed by atoms with van der Waals surface area (Å²) < 4.78 is 44.9. The first-order valence-corrected chi connectivity index (χ1v) is 10.4. The maximum Gasteiger partial charge on any atom is 0.433 e. The molecule has 0 bridgehead atoms. The number of anilines is 1. The topological polar surface area (TPSA) is 101 Å². The van der Waals surface area contributed by atoms with E-state index in [4.69, 9.17) is 10.2 Å². The second-order valence-electron chi connectivity index (χ2n) is 7.38. The number of nitrogens with one attached hydrogen (secondary N) is 1. The molecule has 7 nitrogen and oxygen atoms in total. The van der Waals surface area contributed by atoms with Crippen molar-refractivity contribution in [3.05, 3.63) is 45.9 Å². The number of likely N-dealkylation sites (tertiary alicyclic amines) is 1. The lowest BCUT2D eigenvalue weighted by Crippen LogP contribution is -2.18. The highest BCUT2D eigenvalue weighted by Crippen LogP contribution is 2.40. The fourth-order valence-electron chi connectivity index (χ4n) is 3.64. The van der Waals surface area contributed by atoms with Crippen LogP contribution < -0.4 is 11.1 Å². The van der Waals surface area contributed by atoms with E-state index in [0.29, 0.717) is 23.6 Å². The first-order valence-electron chi connectivity index (χ1n) is 9.57. The SMILES string of the molecule is Cc1cc(C(F)(F)F)nc2sc(C(N)=O)c(NC(=O)c3ccc(CN4CCCC4)o3)c12. The summed E-state index contributed by atoms with van der Waals surface area (Å²) in [6.07, 6.45) is -2.39. The molecule has 0 radical (unpaired) electrons. The number of aromatic nitrogens is 1. The van der Waals surface area contributed by atoms with Crippen molar-refractivity contribution in [3.8, 4) is 0 Å². The molecule has 0 saturated carbocycles. The summed E-state index contributed by atoms with van der Waals surface area (Å²) in [6, 6.07) is 4.10. The normalized spacial score (nSPS) is 15.0. The Morgan fingerprint density at radius 1 is 1.29 bits per heavy atom. The maximum atomic E-state index is 13.1. The number of pyridine rings is 1. The molecular formula is C20H19F3N4O3S. The van der Waals surface area contributed by atoms with E-state index in [9.17, 15) is 22.8 Å². The third-order valence-electron chi connectivity index (χ3n) is 5.08. The molecule has 11 heteroatoms. The first-order chi connectivity index (χ1) is 14.6. The molecule has 0 aromatic carbocycles. The van der Waals surface area contributed by atoms with E-state index in [1.165, 1.54) is 13.0 Å². The number of carbonyl (C=O) groups excluding carboxylic acids is 2. The molecule has 3 N–H and O–H groups in total. The van der Waals surface area contributed by atoms with Crippen molar-refractivity contribution in [2.45, 2.75) is 32.5 Å². The fourth-order valence-corrected chi connectivity index (χ4v) is 4.70. The molecule has 0 spiro atoms. The van der Waals surface area contributed by atoms with Crippen molar-refractivity contribution in [3.63, 3.8) is 0 Å². The van der Waals surface area contributed by atoms with E-state index in [0.717, 1.165) is 32.0 Å². The zero-order valence-corrected chi connectivity index (χ0v) is 17.3. The van der Waals surface area contributed by atoms with Gasteiger partial charge in [0.2, 0.25) is 0 Å². The minimum Gasteiger partial charge on any atom is -0.455 e. The van der Waals surface area contributed by atoms with Crippen LogP contribution in [0.3, 0.4) is 0 Å². The molecule has 1 aliphatic rings. The van der Waals surface area contributed by atoms with Gasteiger partial charge in [-0.15, -0.1) is 11.3 Å². The van der Waals surface area contributed by atoms with Gasteiger partial charge in [-0.25, -0.2) is 4.98 Å². The van der Waals surface area contributed by atoms with Gasteiger partial charge >= 0.3 is 6.18 Å². The summed E-state index contributed by atoms with van der Waals surface area (Å²) >= 11 is 0.702. The van der Waals surface area contributed by atoms with Crippen molar-refractivity contribution in [2.75, 3.05) is 18.4 Å². The Kier molecular flexibility index (Phi) is 5.48. The molecule has 1 fully saturated rings. The number of hydrogen-bond donors (Lipinski definition) is 2. The molecule has 1 aliphatic heterocycles. The summed E-state index contributed by atoms with van der Waals surface area (Å²) in [4.78, 5) is 30.4. The van der Waals surface area contributed by atoms with Gasteiger partial charge in [-0.1, -0.05) is 0 Å². The van der Waals surface area contributed by atoms with Gasteiger partial charge < -0.3 is 15.5 Å². The molecule has 0 aliphatic carbocycles. The Morgan fingerprint density at radius 2 is 2.00 bits per heavy atom. The number of thiophene rings is 1. The average molecular weight is 452 g/mol. The second-order valence-corrected chi connectivity index (χ2v) is 8.38. The number of alkyl halides is 3. The van der Waals surface area contributed by atoms with Crippen molar-refractivity contribution in [1.29, 1.82) is 0 Å². The fraction of sp³-hybridized carbons (Fsp3) is 0.350. The number of hydrogen-bond acceptors (Lipinski definition) is 6. The predicted octanol–water partition coefficient (Wildman–Crippen LogP) is 4.16. The van der Waals surface area contributed by atoms with Gasteiger partial charge in [0, 0.05) is 5.39 Å². The first kappa shape index (κ1) is 21.3. The number of nitrogens with zero attached hydrogens (tertiary/aromatic N) is 2. The van der Waals surface area contributed by atoms with E-state index < -0.39 is 23.7 Å². The Labute approximate surface area is 179 Å². The number of primary amides is 1. The molecule has 4 rings (SSSR count). The number of halogens is 3. The quantitative estimate of drug-likeness (QED) is 0.605. The van der Waals surface area contributed by atoms with Gasteiger partial charge in [-0.3, -0.25) is 14.5 Å². The van der Waals surface area contributed by atoms with Crippen LogP contribution in [0.5, 0.6) is 0 Å². The largest absolute Gasteiger partial charge is 0.455 e. The van der Waals surface area contributed by atoms with Gasteiger partial charge in [0.15, 0.2) is 5.76 Å². The number of carbonyl (C=O) groups is 2. The summed E-state index contributed by atoms with van der Waals surface area (Å²) in [5.41, 5.74) is 4.57. The molecule has 2 amide bonds. The molecule has 4 heterocycles. The number of furan rings is 1. The minimum atomic E-state index is -4.64. The third kappa shape index (κ3) is 4.28. The van der Waals surface area contributed by atoms with Crippen LogP contribution in [0, 0.1) is 6.92 Å². The molecule has 3 aromatic rings. The molecule has 164 valence electrons. The molecule has 1 saturated heterocycles. The number of amides is 2. The lowest BCUT2D eigenvalue weighted by molar-refractivity contribution is -0.141. The van der Waals surface area contributed by atoms with Crippen molar-refractivity contribution >= 4 is 39.1 Å². The number of aryl methyl sites for hydroxylation is 1. The Bertz CT molecular complexity index is 1160. The molecule has 31 heavy (non-hydrogen) atoms. The number of rotatable bonds is 5. The zero-order chi connectivity index (χ0) is 22.3. The molecular weight excluding hydrogens is 433 g/mol. The van der Waals surface area contributed by atoms with Crippen LogP contribution in [-0.4, -0.2) is 34.8 Å². The van der Waals surface area contributed by atoms with Gasteiger partial charge in [-0.2, -0.15) is 13.2 Å². The van der Waals surface area contributed by atoms with E-state index >= 15 is 0 Å². The van der Waals surface area contributed by atoms with Crippen LogP contribution in [0.1, 0.15) is 50.1 Å². The Morgan fingerprint density at radius 3 is 2.65 bits per heavy atom. The van der Waals surface area contributed by atoms with Crippen LogP contribution in [0.15, 0.2) is 22.6 Å². The van der Waals surface area contributed by atoms with E-state index in [1.807, 2.05) is 0 Å².